The van der Waals surface area contributed by atoms with Crippen LogP contribution >= 0.6 is 0 Å². The Hall–Kier alpha value is -1.60. The number of hydrogen-bond acceptors (Lipinski definition) is 1. The van der Waals surface area contributed by atoms with Gasteiger partial charge in [-0.2, -0.15) is 0 Å². The van der Waals surface area contributed by atoms with Crippen molar-refractivity contribution in [3.8, 4) is 0 Å². The van der Waals surface area contributed by atoms with Crippen molar-refractivity contribution in [3.63, 3.8) is 0 Å². The first-order valence-electron chi connectivity index (χ1n) is 6.66. The Morgan fingerprint density at radius 3 is 2.56 bits per heavy atom. The number of benzene rings is 2. The molecule has 1 N–H and O–H groups in total. The van der Waals surface area contributed by atoms with Gasteiger partial charge in [-0.1, -0.05) is 48.5 Å². The highest BCUT2D eigenvalue weighted by Gasteiger charge is 2.13. The van der Waals surface area contributed by atoms with Crippen LogP contribution in [0.5, 0.6) is 0 Å². The normalized spacial score (nSPS) is 15.4. The van der Waals surface area contributed by atoms with Crippen LogP contribution in [-0.4, -0.2) is 5.11 Å². The van der Waals surface area contributed by atoms with Crippen molar-refractivity contribution in [3.05, 3.63) is 70.8 Å². The summed E-state index contributed by atoms with van der Waals surface area (Å²) in [6.07, 6.45) is 4.00. The van der Waals surface area contributed by atoms with Gasteiger partial charge < -0.3 is 5.11 Å². The zero-order chi connectivity index (χ0) is 12.4. The van der Waals surface area contributed by atoms with Crippen LogP contribution in [0.25, 0.3) is 0 Å². The SMILES string of the molecule is OC(Cc1ccc2c(c1)CCC2)c1ccccc1. The van der Waals surface area contributed by atoms with E-state index in [9.17, 15) is 5.11 Å². The molecule has 0 aromatic heterocycles. The molecule has 2 aromatic carbocycles. The quantitative estimate of drug-likeness (QED) is 0.868. The number of rotatable bonds is 3. The Bertz CT molecular complexity index is 531. The van der Waals surface area contributed by atoms with Crippen LogP contribution < -0.4 is 0 Å². The molecule has 0 radical (unpaired) electrons. The number of aliphatic hydroxyl groups is 1. The van der Waals surface area contributed by atoms with Crippen molar-refractivity contribution >= 4 is 0 Å². The second kappa shape index (κ2) is 4.95. The summed E-state index contributed by atoms with van der Waals surface area (Å²) in [6.45, 7) is 0. The highest BCUT2D eigenvalue weighted by Crippen LogP contribution is 2.25. The molecule has 1 aliphatic rings. The van der Waals surface area contributed by atoms with Crippen LogP contribution in [0.1, 0.15) is 34.8 Å². The van der Waals surface area contributed by atoms with Crippen LogP contribution in [0, 0.1) is 0 Å². The van der Waals surface area contributed by atoms with Gasteiger partial charge in [0.05, 0.1) is 6.10 Å². The number of hydrogen-bond donors (Lipinski definition) is 1. The molecule has 0 bridgehead atoms. The lowest BCUT2D eigenvalue weighted by molar-refractivity contribution is 0.178. The third kappa shape index (κ3) is 2.32. The molecule has 1 atom stereocenters. The van der Waals surface area contributed by atoms with Crippen LogP contribution in [0.15, 0.2) is 48.5 Å². The maximum atomic E-state index is 10.2. The van der Waals surface area contributed by atoms with Crippen LogP contribution in [-0.2, 0) is 19.3 Å². The topological polar surface area (TPSA) is 20.2 Å². The first-order chi connectivity index (χ1) is 8.83. The lowest BCUT2D eigenvalue weighted by Gasteiger charge is -2.12. The molecular weight excluding hydrogens is 220 g/mol. The van der Waals surface area contributed by atoms with Crippen LogP contribution in [0.4, 0.5) is 0 Å². The lowest BCUT2D eigenvalue weighted by Crippen LogP contribution is -2.02. The minimum absolute atomic E-state index is 0.398. The fourth-order valence-corrected chi connectivity index (χ4v) is 2.77. The van der Waals surface area contributed by atoms with E-state index in [1.165, 1.54) is 36.0 Å². The third-order valence-electron chi connectivity index (χ3n) is 3.78. The minimum Gasteiger partial charge on any atom is -0.388 e. The number of aliphatic hydroxyl groups excluding tert-OH is 1. The van der Waals surface area contributed by atoms with Gasteiger partial charge in [-0.25, -0.2) is 0 Å². The first kappa shape index (κ1) is 11.5. The summed E-state index contributed by atoms with van der Waals surface area (Å²) in [5, 5.41) is 10.2. The maximum Gasteiger partial charge on any atom is 0.0830 e. The van der Waals surface area contributed by atoms with Crippen molar-refractivity contribution in [2.75, 3.05) is 0 Å². The molecular formula is C17H18O. The van der Waals surface area contributed by atoms with Gasteiger partial charge >= 0.3 is 0 Å². The van der Waals surface area contributed by atoms with Crippen LogP contribution in [0.2, 0.25) is 0 Å². The Balaban J connectivity index is 1.77. The standard InChI is InChI=1S/C17H18O/c18-17(15-5-2-1-3-6-15)12-13-9-10-14-7-4-8-16(14)11-13/h1-3,5-6,9-11,17-18H,4,7-8,12H2. The van der Waals surface area contributed by atoms with E-state index in [0.29, 0.717) is 6.42 Å². The van der Waals surface area contributed by atoms with Crippen molar-refractivity contribution < 1.29 is 5.11 Å². The molecule has 18 heavy (non-hydrogen) atoms. The molecule has 0 amide bonds. The van der Waals surface area contributed by atoms with E-state index in [1.807, 2.05) is 30.3 Å². The molecule has 1 heteroatoms. The molecule has 0 aliphatic heterocycles. The highest BCUT2D eigenvalue weighted by atomic mass is 16.3. The van der Waals surface area contributed by atoms with E-state index < -0.39 is 6.10 Å². The van der Waals surface area contributed by atoms with Crippen molar-refractivity contribution in [2.24, 2.45) is 0 Å². The van der Waals surface area contributed by atoms with Crippen molar-refractivity contribution in [2.45, 2.75) is 31.8 Å². The summed E-state index contributed by atoms with van der Waals surface area (Å²) in [7, 11) is 0. The second-order valence-electron chi connectivity index (χ2n) is 5.09. The van der Waals surface area contributed by atoms with Crippen molar-refractivity contribution in [1.29, 1.82) is 0 Å². The molecule has 0 saturated heterocycles. The Kier molecular flexibility index (Phi) is 3.16. The van der Waals surface area contributed by atoms with Gasteiger partial charge in [0.2, 0.25) is 0 Å². The lowest BCUT2D eigenvalue weighted by atomic mass is 9.98. The summed E-state index contributed by atoms with van der Waals surface area (Å²) in [6, 6.07) is 16.6. The van der Waals surface area contributed by atoms with Gasteiger partial charge in [0.1, 0.15) is 0 Å². The zero-order valence-corrected chi connectivity index (χ0v) is 10.5. The van der Waals surface area contributed by atoms with Gasteiger partial charge in [0.25, 0.3) is 0 Å². The third-order valence-corrected chi connectivity index (χ3v) is 3.78. The molecule has 1 nitrogen and oxygen atoms in total. The number of aryl methyl sites for hydroxylation is 2. The van der Waals surface area contributed by atoms with Gasteiger partial charge in [-0.05, 0) is 41.5 Å². The fraction of sp³-hybridized carbons (Fsp3) is 0.294. The molecule has 1 unspecified atom stereocenters. The minimum atomic E-state index is -0.398. The molecule has 0 saturated carbocycles. The molecule has 0 fully saturated rings. The zero-order valence-electron chi connectivity index (χ0n) is 10.5. The Morgan fingerprint density at radius 1 is 0.944 bits per heavy atom. The average molecular weight is 238 g/mol. The van der Waals surface area contributed by atoms with Crippen molar-refractivity contribution in [1.82, 2.24) is 0 Å². The predicted molar refractivity (Wildman–Crippen MR) is 73.6 cm³/mol. The summed E-state index contributed by atoms with van der Waals surface area (Å²) < 4.78 is 0. The van der Waals surface area contributed by atoms with E-state index in [-0.39, 0.29) is 0 Å². The van der Waals surface area contributed by atoms with E-state index >= 15 is 0 Å². The summed E-state index contributed by atoms with van der Waals surface area (Å²) in [4.78, 5) is 0. The van der Waals surface area contributed by atoms with Gasteiger partial charge in [0.15, 0.2) is 0 Å². The summed E-state index contributed by atoms with van der Waals surface area (Å²) in [5.74, 6) is 0. The molecule has 0 heterocycles. The van der Waals surface area contributed by atoms with E-state index in [4.69, 9.17) is 0 Å². The fourth-order valence-electron chi connectivity index (χ4n) is 2.77. The summed E-state index contributed by atoms with van der Waals surface area (Å²) in [5.41, 5.74) is 5.21. The first-order valence-corrected chi connectivity index (χ1v) is 6.66. The highest BCUT2D eigenvalue weighted by molar-refractivity contribution is 5.36. The molecule has 3 rings (SSSR count). The maximum absolute atomic E-state index is 10.2. The van der Waals surface area contributed by atoms with E-state index in [1.54, 1.807) is 0 Å². The van der Waals surface area contributed by atoms with E-state index in [0.717, 1.165) is 5.56 Å². The van der Waals surface area contributed by atoms with Gasteiger partial charge in [-0.15, -0.1) is 0 Å². The smallest absolute Gasteiger partial charge is 0.0830 e. The van der Waals surface area contributed by atoms with Gasteiger partial charge in [-0.3, -0.25) is 0 Å². The van der Waals surface area contributed by atoms with E-state index in [2.05, 4.69) is 18.2 Å². The summed E-state index contributed by atoms with van der Waals surface area (Å²) >= 11 is 0. The largest absolute Gasteiger partial charge is 0.388 e. The molecule has 0 spiro atoms. The van der Waals surface area contributed by atoms with Gasteiger partial charge in [0, 0.05) is 6.42 Å². The Labute approximate surface area is 108 Å². The van der Waals surface area contributed by atoms with Crippen LogP contribution in [0.3, 0.4) is 0 Å². The average Bonchev–Trinajstić information content (AvgIpc) is 2.87. The molecule has 92 valence electrons. The molecule has 1 aliphatic carbocycles. The number of fused-ring (bicyclic) bond motifs is 1. The molecule has 2 aromatic rings. The Morgan fingerprint density at radius 2 is 1.72 bits per heavy atom. The second-order valence-corrected chi connectivity index (χ2v) is 5.09. The predicted octanol–water partition coefficient (Wildman–Crippen LogP) is 3.45. The monoisotopic (exact) mass is 238 g/mol.